The Labute approximate surface area is 103 Å². The SMILES string of the molecule is CCOC(=O)[C@H](N)[C@H](O)c1ccc([N+](=O)[O-])cc1. The number of nitro groups is 1. The Morgan fingerprint density at radius 1 is 1.50 bits per heavy atom. The number of ether oxygens (including phenoxy) is 1. The number of benzene rings is 1. The largest absolute Gasteiger partial charge is 0.465 e. The maximum atomic E-state index is 11.3. The fourth-order valence-electron chi connectivity index (χ4n) is 1.37. The van der Waals surface area contributed by atoms with Crippen LogP contribution in [-0.4, -0.2) is 28.6 Å². The molecular weight excluding hydrogens is 240 g/mol. The number of aliphatic hydroxyl groups excluding tert-OH is 1. The molecule has 0 spiro atoms. The number of esters is 1. The second-order valence-electron chi connectivity index (χ2n) is 3.57. The van der Waals surface area contributed by atoms with Crippen molar-refractivity contribution in [1.29, 1.82) is 0 Å². The maximum absolute atomic E-state index is 11.3. The third kappa shape index (κ3) is 3.25. The van der Waals surface area contributed by atoms with Gasteiger partial charge in [0, 0.05) is 12.1 Å². The number of nitro benzene ring substituents is 1. The van der Waals surface area contributed by atoms with Gasteiger partial charge in [-0.1, -0.05) is 0 Å². The molecule has 1 aromatic carbocycles. The summed E-state index contributed by atoms with van der Waals surface area (Å²) >= 11 is 0. The number of carbonyl (C=O) groups excluding carboxylic acids is 1. The van der Waals surface area contributed by atoms with Gasteiger partial charge in [-0.05, 0) is 24.6 Å². The van der Waals surface area contributed by atoms with E-state index in [4.69, 9.17) is 5.73 Å². The van der Waals surface area contributed by atoms with Crippen LogP contribution in [0, 0.1) is 10.1 Å². The van der Waals surface area contributed by atoms with E-state index in [2.05, 4.69) is 4.74 Å². The lowest BCUT2D eigenvalue weighted by Crippen LogP contribution is -2.38. The van der Waals surface area contributed by atoms with Crippen LogP contribution in [0.3, 0.4) is 0 Å². The number of nitrogens with two attached hydrogens (primary N) is 1. The first-order valence-corrected chi connectivity index (χ1v) is 5.32. The zero-order valence-corrected chi connectivity index (χ0v) is 9.78. The van der Waals surface area contributed by atoms with Crippen molar-refractivity contribution in [3.8, 4) is 0 Å². The quantitative estimate of drug-likeness (QED) is 0.449. The molecule has 2 atom stereocenters. The zero-order chi connectivity index (χ0) is 13.7. The molecule has 98 valence electrons. The van der Waals surface area contributed by atoms with Crippen molar-refractivity contribution >= 4 is 11.7 Å². The van der Waals surface area contributed by atoms with Crippen LogP contribution in [-0.2, 0) is 9.53 Å². The van der Waals surface area contributed by atoms with Gasteiger partial charge in [0.15, 0.2) is 0 Å². The van der Waals surface area contributed by atoms with Gasteiger partial charge in [-0.15, -0.1) is 0 Å². The molecule has 0 aliphatic carbocycles. The highest BCUT2D eigenvalue weighted by molar-refractivity contribution is 5.76. The average Bonchev–Trinajstić information content (AvgIpc) is 2.37. The van der Waals surface area contributed by atoms with E-state index in [1.165, 1.54) is 24.3 Å². The monoisotopic (exact) mass is 254 g/mol. The van der Waals surface area contributed by atoms with Crippen LogP contribution >= 0.6 is 0 Å². The van der Waals surface area contributed by atoms with Gasteiger partial charge >= 0.3 is 5.97 Å². The highest BCUT2D eigenvalue weighted by atomic mass is 16.6. The molecule has 0 aromatic heterocycles. The topological polar surface area (TPSA) is 116 Å². The van der Waals surface area contributed by atoms with E-state index in [1.807, 2.05) is 0 Å². The summed E-state index contributed by atoms with van der Waals surface area (Å²) in [6.45, 7) is 1.79. The molecule has 0 heterocycles. The van der Waals surface area contributed by atoms with Crippen molar-refractivity contribution in [3.05, 3.63) is 39.9 Å². The molecular formula is C11H14N2O5. The normalized spacial score (nSPS) is 13.7. The summed E-state index contributed by atoms with van der Waals surface area (Å²) < 4.78 is 4.68. The second kappa shape index (κ2) is 6.08. The van der Waals surface area contributed by atoms with Gasteiger partial charge in [0.05, 0.1) is 11.5 Å². The molecule has 18 heavy (non-hydrogen) atoms. The fourth-order valence-corrected chi connectivity index (χ4v) is 1.37. The Morgan fingerprint density at radius 3 is 2.50 bits per heavy atom. The number of hydrogen-bond acceptors (Lipinski definition) is 6. The van der Waals surface area contributed by atoms with Crippen molar-refractivity contribution in [1.82, 2.24) is 0 Å². The molecule has 7 heteroatoms. The number of hydrogen-bond donors (Lipinski definition) is 2. The summed E-state index contributed by atoms with van der Waals surface area (Å²) in [5, 5.41) is 20.3. The summed E-state index contributed by atoms with van der Waals surface area (Å²) in [4.78, 5) is 21.2. The predicted octanol–water partition coefficient (Wildman–Crippen LogP) is 0.519. The number of aliphatic hydroxyl groups is 1. The summed E-state index contributed by atoms with van der Waals surface area (Å²) in [6.07, 6.45) is -1.26. The lowest BCUT2D eigenvalue weighted by atomic mass is 10.0. The first kappa shape index (κ1) is 14.1. The molecule has 0 saturated heterocycles. The van der Waals surface area contributed by atoms with Gasteiger partial charge in [-0.3, -0.25) is 14.9 Å². The molecule has 7 nitrogen and oxygen atoms in total. The standard InChI is InChI=1S/C11H14N2O5/c1-2-18-11(15)9(12)10(14)7-3-5-8(6-4-7)13(16)17/h3-6,9-10,14H,2,12H2,1H3/t9-,10-/m1/s1. The van der Waals surface area contributed by atoms with Crippen molar-refractivity contribution in [2.24, 2.45) is 5.73 Å². The van der Waals surface area contributed by atoms with E-state index in [1.54, 1.807) is 6.92 Å². The minimum absolute atomic E-state index is 0.101. The minimum atomic E-state index is -1.26. The number of rotatable bonds is 5. The van der Waals surface area contributed by atoms with E-state index in [-0.39, 0.29) is 12.3 Å². The lowest BCUT2D eigenvalue weighted by molar-refractivity contribution is -0.384. The first-order chi connectivity index (χ1) is 8.47. The van der Waals surface area contributed by atoms with E-state index in [0.29, 0.717) is 5.56 Å². The molecule has 3 N–H and O–H groups in total. The Kier molecular flexibility index (Phi) is 4.75. The summed E-state index contributed by atoms with van der Waals surface area (Å²) in [6, 6.07) is 3.95. The summed E-state index contributed by atoms with van der Waals surface area (Å²) in [5.41, 5.74) is 5.74. The lowest BCUT2D eigenvalue weighted by Gasteiger charge is -2.17. The van der Waals surface area contributed by atoms with Crippen LogP contribution in [0.5, 0.6) is 0 Å². The van der Waals surface area contributed by atoms with Crippen LogP contribution in [0.15, 0.2) is 24.3 Å². The van der Waals surface area contributed by atoms with Crippen LogP contribution < -0.4 is 5.73 Å². The molecule has 0 amide bonds. The van der Waals surface area contributed by atoms with Crippen molar-refractivity contribution < 1.29 is 19.6 Å². The average molecular weight is 254 g/mol. The third-order valence-corrected chi connectivity index (χ3v) is 2.34. The van der Waals surface area contributed by atoms with Gasteiger partial charge in [0.25, 0.3) is 5.69 Å². The van der Waals surface area contributed by atoms with Crippen LogP contribution in [0.25, 0.3) is 0 Å². The van der Waals surface area contributed by atoms with Crippen molar-refractivity contribution in [2.45, 2.75) is 19.1 Å². The van der Waals surface area contributed by atoms with E-state index in [0.717, 1.165) is 0 Å². The van der Waals surface area contributed by atoms with Crippen LogP contribution in [0.1, 0.15) is 18.6 Å². The van der Waals surface area contributed by atoms with Gasteiger partial charge < -0.3 is 15.6 Å². The van der Waals surface area contributed by atoms with Gasteiger partial charge in [-0.2, -0.15) is 0 Å². The molecule has 0 unspecified atom stereocenters. The number of non-ortho nitro benzene ring substituents is 1. The Morgan fingerprint density at radius 2 is 2.06 bits per heavy atom. The number of carbonyl (C=O) groups is 1. The Balaban J connectivity index is 2.80. The first-order valence-electron chi connectivity index (χ1n) is 5.32. The Hall–Kier alpha value is -1.99. The van der Waals surface area contributed by atoms with Crippen LogP contribution in [0.4, 0.5) is 5.69 Å². The maximum Gasteiger partial charge on any atom is 0.325 e. The van der Waals surface area contributed by atoms with Crippen LogP contribution in [0.2, 0.25) is 0 Å². The van der Waals surface area contributed by atoms with E-state index < -0.39 is 23.0 Å². The smallest absolute Gasteiger partial charge is 0.325 e. The van der Waals surface area contributed by atoms with Gasteiger partial charge in [0.1, 0.15) is 12.1 Å². The summed E-state index contributed by atoms with van der Waals surface area (Å²) in [7, 11) is 0. The molecule has 0 bridgehead atoms. The van der Waals surface area contributed by atoms with E-state index >= 15 is 0 Å². The third-order valence-electron chi connectivity index (χ3n) is 2.34. The fraction of sp³-hybridized carbons (Fsp3) is 0.364. The van der Waals surface area contributed by atoms with Crippen molar-refractivity contribution in [3.63, 3.8) is 0 Å². The van der Waals surface area contributed by atoms with E-state index in [9.17, 15) is 20.0 Å². The Bertz CT molecular complexity index is 432. The highest BCUT2D eigenvalue weighted by Gasteiger charge is 2.25. The van der Waals surface area contributed by atoms with Gasteiger partial charge in [-0.25, -0.2) is 0 Å². The molecule has 1 aromatic rings. The minimum Gasteiger partial charge on any atom is -0.465 e. The molecule has 0 saturated carbocycles. The molecule has 0 aliphatic rings. The molecule has 0 radical (unpaired) electrons. The van der Waals surface area contributed by atoms with Crippen molar-refractivity contribution in [2.75, 3.05) is 6.61 Å². The zero-order valence-electron chi connectivity index (χ0n) is 9.78. The number of nitrogens with zero attached hydrogens (tertiary/aromatic N) is 1. The highest BCUT2D eigenvalue weighted by Crippen LogP contribution is 2.20. The molecule has 0 aliphatic heterocycles. The predicted molar refractivity (Wildman–Crippen MR) is 62.7 cm³/mol. The second-order valence-corrected chi connectivity index (χ2v) is 3.57. The molecule has 0 fully saturated rings. The molecule has 1 rings (SSSR count). The summed E-state index contributed by atoms with van der Waals surface area (Å²) in [5.74, 6) is -0.719. The van der Waals surface area contributed by atoms with Gasteiger partial charge in [0.2, 0.25) is 0 Å².